The fourth-order valence-corrected chi connectivity index (χ4v) is 2.93. The lowest BCUT2D eigenvalue weighted by Crippen LogP contribution is -2.29. The molecule has 2 rings (SSSR count). The molecule has 0 amide bonds. The Hall–Kier alpha value is -0.900. The van der Waals surface area contributed by atoms with E-state index in [0.29, 0.717) is 25.2 Å². The van der Waals surface area contributed by atoms with Crippen LogP contribution in [0.5, 0.6) is 0 Å². The van der Waals surface area contributed by atoms with Gasteiger partial charge in [0.2, 0.25) is 0 Å². The van der Waals surface area contributed by atoms with Crippen molar-refractivity contribution in [3.63, 3.8) is 0 Å². The molecule has 0 aromatic carbocycles. The van der Waals surface area contributed by atoms with E-state index in [2.05, 4.69) is 11.4 Å². The van der Waals surface area contributed by atoms with Gasteiger partial charge in [-0.15, -0.1) is 0 Å². The molecule has 1 aliphatic carbocycles. The quantitative estimate of drug-likeness (QED) is 0.589. The number of alkyl halides is 1. The Morgan fingerprint density at radius 1 is 1.50 bits per heavy atom. The molecule has 1 heterocycles. The van der Waals surface area contributed by atoms with Crippen LogP contribution in [0.4, 0.5) is 4.39 Å². The molecule has 0 radical (unpaired) electrons. The maximum Gasteiger partial charge on any atom is 0.320 e. The minimum Gasteiger partial charge on any atom is -0.480 e. The third-order valence-electron chi connectivity index (χ3n) is 4.10. The van der Waals surface area contributed by atoms with Crippen molar-refractivity contribution in [2.45, 2.75) is 57.2 Å². The second kappa shape index (κ2) is 5.39. The maximum atomic E-state index is 13.9. The normalized spacial score (nSPS) is 39.8. The number of carboxylic acid groups (broad SMARTS) is 1. The Morgan fingerprint density at radius 2 is 2.28 bits per heavy atom. The molecule has 3 atom stereocenters. The number of nitrogens with one attached hydrogen (secondary N) is 1. The van der Waals surface area contributed by atoms with Gasteiger partial charge in [0.05, 0.1) is 0 Å². The van der Waals surface area contributed by atoms with Crippen LogP contribution < -0.4 is 5.32 Å². The third kappa shape index (κ3) is 3.55. The summed E-state index contributed by atoms with van der Waals surface area (Å²) in [5.74, 6) is -0.474. The van der Waals surface area contributed by atoms with Crippen molar-refractivity contribution in [1.82, 2.24) is 5.32 Å². The number of allylic oxidation sites excluding steroid dienone is 1. The smallest absolute Gasteiger partial charge is 0.320 e. The van der Waals surface area contributed by atoms with E-state index in [1.165, 1.54) is 5.57 Å². The van der Waals surface area contributed by atoms with Gasteiger partial charge in [0.25, 0.3) is 0 Å². The maximum absolute atomic E-state index is 13.9. The van der Waals surface area contributed by atoms with Gasteiger partial charge < -0.3 is 10.4 Å². The summed E-state index contributed by atoms with van der Waals surface area (Å²) in [6.07, 6.45) is 6.78. The van der Waals surface area contributed by atoms with E-state index in [0.717, 1.165) is 25.8 Å². The summed E-state index contributed by atoms with van der Waals surface area (Å²) in [6, 6.07) is -0.413. The van der Waals surface area contributed by atoms with Crippen LogP contribution in [0.2, 0.25) is 0 Å². The highest BCUT2D eigenvalue weighted by molar-refractivity contribution is 5.73. The molecule has 1 saturated carbocycles. The van der Waals surface area contributed by atoms with Crippen molar-refractivity contribution in [1.29, 1.82) is 0 Å². The third-order valence-corrected chi connectivity index (χ3v) is 4.10. The second-order valence-electron chi connectivity index (χ2n) is 5.89. The standard InChI is InChI=1S/C14H22FNO2/c1-14(15)5-2-3-10(4-6-14)7-11-8-12(13(17)18)16-9-11/h7,11-12,16H,2-6,8-9H2,1H3,(H,17,18)/b10-7-/t11-,12-,14+/m0/s1. The topological polar surface area (TPSA) is 49.3 Å². The molecule has 2 N–H and O–H groups in total. The monoisotopic (exact) mass is 255 g/mol. The molecule has 0 aromatic rings. The summed E-state index contributed by atoms with van der Waals surface area (Å²) in [5.41, 5.74) is 0.293. The lowest BCUT2D eigenvalue weighted by atomic mass is 9.97. The Morgan fingerprint density at radius 3 is 2.94 bits per heavy atom. The number of carbonyl (C=O) groups is 1. The molecular formula is C14H22FNO2. The van der Waals surface area contributed by atoms with Crippen molar-refractivity contribution in [3.05, 3.63) is 11.6 Å². The first kappa shape index (κ1) is 13.5. The molecule has 0 aromatic heterocycles. The Balaban J connectivity index is 1.92. The van der Waals surface area contributed by atoms with Crippen molar-refractivity contribution in [3.8, 4) is 0 Å². The first-order valence-electron chi connectivity index (χ1n) is 6.81. The predicted molar refractivity (Wildman–Crippen MR) is 68.2 cm³/mol. The van der Waals surface area contributed by atoms with E-state index in [1.54, 1.807) is 6.92 Å². The molecule has 0 unspecified atom stereocenters. The van der Waals surface area contributed by atoms with Crippen LogP contribution in [0.3, 0.4) is 0 Å². The highest BCUT2D eigenvalue weighted by Gasteiger charge is 2.29. The Kier molecular flexibility index (Phi) is 4.05. The van der Waals surface area contributed by atoms with Gasteiger partial charge in [-0.3, -0.25) is 4.79 Å². The highest BCUT2D eigenvalue weighted by atomic mass is 19.1. The van der Waals surface area contributed by atoms with E-state index in [-0.39, 0.29) is 0 Å². The van der Waals surface area contributed by atoms with Crippen molar-refractivity contribution < 1.29 is 14.3 Å². The number of carboxylic acids is 1. The predicted octanol–water partition coefficient (Wildman–Crippen LogP) is 2.67. The van der Waals surface area contributed by atoms with Crippen LogP contribution in [0, 0.1) is 5.92 Å². The molecule has 2 fully saturated rings. The van der Waals surface area contributed by atoms with Gasteiger partial charge in [-0.2, -0.15) is 0 Å². The van der Waals surface area contributed by atoms with Crippen molar-refractivity contribution in [2.24, 2.45) is 5.92 Å². The summed E-state index contributed by atoms with van der Waals surface area (Å²) in [4.78, 5) is 10.8. The minimum atomic E-state index is -1.02. The van der Waals surface area contributed by atoms with Gasteiger partial charge in [-0.25, -0.2) is 4.39 Å². The van der Waals surface area contributed by atoms with E-state index < -0.39 is 17.7 Å². The molecule has 2 aliphatic rings. The van der Waals surface area contributed by atoms with E-state index in [9.17, 15) is 9.18 Å². The number of hydrogen-bond donors (Lipinski definition) is 2. The summed E-state index contributed by atoms with van der Waals surface area (Å²) in [5, 5.41) is 11.9. The fourth-order valence-electron chi connectivity index (χ4n) is 2.93. The van der Waals surface area contributed by atoms with Gasteiger partial charge >= 0.3 is 5.97 Å². The van der Waals surface area contributed by atoms with E-state index in [4.69, 9.17) is 5.11 Å². The number of hydrogen-bond acceptors (Lipinski definition) is 2. The zero-order valence-electron chi connectivity index (χ0n) is 10.9. The summed E-state index contributed by atoms with van der Waals surface area (Å²) >= 11 is 0. The largest absolute Gasteiger partial charge is 0.480 e. The summed E-state index contributed by atoms with van der Waals surface area (Å²) in [7, 11) is 0. The lowest BCUT2D eigenvalue weighted by Gasteiger charge is -2.16. The molecule has 0 bridgehead atoms. The van der Waals surface area contributed by atoms with Crippen LogP contribution in [-0.2, 0) is 4.79 Å². The number of aliphatic carboxylic acids is 1. The fraction of sp³-hybridized carbons (Fsp3) is 0.786. The molecule has 0 spiro atoms. The molecular weight excluding hydrogens is 233 g/mol. The SMILES string of the molecule is C[C@@]1(F)CCC/C(=C/[C@@H]2CN[C@H](C(=O)O)C2)CC1. The highest BCUT2D eigenvalue weighted by Crippen LogP contribution is 2.33. The Bertz CT molecular complexity index is 352. The number of rotatable bonds is 2. The average molecular weight is 255 g/mol. The van der Waals surface area contributed by atoms with Crippen LogP contribution in [-0.4, -0.2) is 29.3 Å². The van der Waals surface area contributed by atoms with Crippen LogP contribution >= 0.6 is 0 Å². The molecule has 3 nitrogen and oxygen atoms in total. The second-order valence-corrected chi connectivity index (χ2v) is 5.89. The van der Waals surface area contributed by atoms with E-state index in [1.807, 2.05) is 0 Å². The van der Waals surface area contributed by atoms with Crippen LogP contribution in [0.15, 0.2) is 11.6 Å². The zero-order chi connectivity index (χ0) is 13.2. The zero-order valence-corrected chi connectivity index (χ0v) is 10.9. The van der Waals surface area contributed by atoms with E-state index >= 15 is 0 Å². The average Bonchev–Trinajstić information content (AvgIpc) is 2.67. The molecule has 18 heavy (non-hydrogen) atoms. The molecule has 1 saturated heterocycles. The van der Waals surface area contributed by atoms with Crippen LogP contribution in [0.1, 0.15) is 45.4 Å². The summed E-state index contributed by atoms with van der Waals surface area (Å²) < 4.78 is 13.9. The van der Waals surface area contributed by atoms with Gasteiger partial charge in [0.15, 0.2) is 0 Å². The van der Waals surface area contributed by atoms with Gasteiger partial charge in [0.1, 0.15) is 11.7 Å². The van der Waals surface area contributed by atoms with Gasteiger partial charge in [-0.05, 0) is 51.4 Å². The molecule has 102 valence electrons. The first-order chi connectivity index (χ1) is 8.46. The van der Waals surface area contributed by atoms with Gasteiger partial charge in [-0.1, -0.05) is 11.6 Å². The van der Waals surface area contributed by atoms with Gasteiger partial charge in [0, 0.05) is 6.54 Å². The van der Waals surface area contributed by atoms with Crippen molar-refractivity contribution >= 4 is 5.97 Å². The van der Waals surface area contributed by atoms with Crippen LogP contribution in [0.25, 0.3) is 0 Å². The lowest BCUT2D eigenvalue weighted by molar-refractivity contribution is -0.139. The van der Waals surface area contributed by atoms with Crippen molar-refractivity contribution in [2.75, 3.05) is 6.54 Å². The molecule has 4 heteroatoms. The first-order valence-corrected chi connectivity index (χ1v) is 6.81. The Labute approximate surface area is 107 Å². The summed E-state index contributed by atoms with van der Waals surface area (Å²) in [6.45, 7) is 2.42. The minimum absolute atomic E-state index is 0.296. The number of halogens is 1. The molecule has 1 aliphatic heterocycles.